The number of allylic oxidation sites excluding steroid dienone is 1. The fraction of sp³-hybridized carbons (Fsp3) is 0.250. The zero-order valence-electron chi connectivity index (χ0n) is 12.7. The Balaban J connectivity index is 1.89. The van der Waals surface area contributed by atoms with Crippen LogP contribution in [0.5, 0.6) is 5.75 Å². The lowest BCUT2D eigenvalue weighted by Gasteiger charge is -2.02. The molecule has 0 bridgehead atoms. The Labute approximate surface area is 142 Å². The maximum Gasteiger partial charge on any atom is 0.186 e. The van der Waals surface area contributed by atoms with Crippen LogP contribution in [0, 0.1) is 5.41 Å². The Hall–Kier alpha value is -1.99. The van der Waals surface area contributed by atoms with Crippen LogP contribution in [-0.2, 0) is 11.2 Å². The van der Waals surface area contributed by atoms with E-state index in [4.69, 9.17) is 10.1 Å². The average Bonchev–Trinajstić information content (AvgIpc) is 3.12. The minimum absolute atomic E-state index is 0.0818. The molecule has 1 aromatic heterocycles. The van der Waals surface area contributed by atoms with E-state index in [1.54, 1.807) is 13.2 Å². The number of aryl methyl sites for hydroxylation is 1. The number of nitrogens with zero attached hydrogens (tertiary/aromatic N) is 2. The highest BCUT2D eigenvalue weighted by Crippen LogP contribution is 2.41. The third-order valence-electron chi connectivity index (χ3n) is 3.41. The van der Waals surface area contributed by atoms with Crippen molar-refractivity contribution in [2.45, 2.75) is 19.3 Å². The predicted molar refractivity (Wildman–Crippen MR) is 93.3 cm³/mol. The summed E-state index contributed by atoms with van der Waals surface area (Å²) < 4.78 is 5.19. The number of aromatic nitrogens is 2. The van der Waals surface area contributed by atoms with Gasteiger partial charge in [-0.15, -0.1) is 21.5 Å². The summed E-state index contributed by atoms with van der Waals surface area (Å²) in [4.78, 5) is 13.2. The molecule has 0 spiro atoms. The van der Waals surface area contributed by atoms with Crippen LogP contribution in [0.15, 0.2) is 29.2 Å². The summed E-state index contributed by atoms with van der Waals surface area (Å²) in [6.45, 7) is 1.99. The molecule has 2 aromatic rings. The molecule has 1 aliphatic rings. The molecule has 5 nitrogen and oxygen atoms in total. The van der Waals surface area contributed by atoms with Gasteiger partial charge in [0.25, 0.3) is 0 Å². The van der Waals surface area contributed by atoms with Crippen LogP contribution in [0.2, 0.25) is 0 Å². The molecule has 118 valence electrons. The highest BCUT2D eigenvalue weighted by atomic mass is 32.2. The number of benzene rings is 1. The number of nitrogens with one attached hydrogen (secondary N) is 1. The minimum atomic E-state index is -0.602. The van der Waals surface area contributed by atoms with Crippen LogP contribution in [0.25, 0.3) is 6.08 Å². The van der Waals surface area contributed by atoms with E-state index in [9.17, 15) is 4.79 Å². The smallest absolute Gasteiger partial charge is 0.186 e. The maximum atomic E-state index is 12.7. The van der Waals surface area contributed by atoms with Crippen molar-refractivity contribution < 1.29 is 9.53 Å². The van der Waals surface area contributed by atoms with Gasteiger partial charge in [0.1, 0.15) is 21.7 Å². The SMILES string of the molecule is CCc1nnc([C@@H]2C(=N)S/C(=C\c3cccc(OC)c3)C2=O)s1. The number of hydrogen-bond donors (Lipinski definition) is 1. The Morgan fingerprint density at radius 3 is 2.91 bits per heavy atom. The van der Waals surface area contributed by atoms with Gasteiger partial charge in [0.05, 0.1) is 17.1 Å². The lowest BCUT2D eigenvalue weighted by molar-refractivity contribution is -0.114. The average molecular weight is 345 g/mol. The van der Waals surface area contributed by atoms with Gasteiger partial charge in [-0.1, -0.05) is 30.8 Å². The molecule has 0 saturated carbocycles. The summed E-state index contributed by atoms with van der Waals surface area (Å²) in [6, 6.07) is 7.48. The monoisotopic (exact) mass is 345 g/mol. The van der Waals surface area contributed by atoms with E-state index in [0.29, 0.717) is 15.0 Å². The van der Waals surface area contributed by atoms with E-state index < -0.39 is 5.92 Å². The number of hydrogen-bond acceptors (Lipinski definition) is 7. The Bertz CT molecular complexity index is 798. The first-order chi connectivity index (χ1) is 11.1. The fourth-order valence-electron chi connectivity index (χ4n) is 2.22. The van der Waals surface area contributed by atoms with Gasteiger partial charge in [-0.25, -0.2) is 0 Å². The van der Waals surface area contributed by atoms with Crippen LogP contribution in [0.3, 0.4) is 0 Å². The van der Waals surface area contributed by atoms with Crippen LogP contribution in [-0.4, -0.2) is 28.1 Å². The summed E-state index contributed by atoms with van der Waals surface area (Å²) in [6.07, 6.45) is 2.58. The van der Waals surface area contributed by atoms with Gasteiger partial charge in [-0.3, -0.25) is 10.2 Å². The van der Waals surface area contributed by atoms with Crippen LogP contribution in [0.1, 0.15) is 28.4 Å². The lowest BCUT2D eigenvalue weighted by Crippen LogP contribution is -2.11. The van der Waals surface area contributed by atoms with Crippen molar-refractivity contribution in [1.29, 1.82) is 5.41 Å². The molecule has 1 fully saturated rings. The van der Waals surface area contributed by atoms with Gasteiger partial charge < -0.3 is 4.74 Å². The molecule has 23 heavy (non-hydrogen) atoms. The lowest BCUT2D eigenvalue weighted by atomic mass is 10.1. The van der Waals surface area contributed by atoms with Crippen molar-refractivity contribution >= 4 is 40.0 Å². The van der Waals surface area contributed by atoms with E-state index in [2.05, 4.69) is 10.2 Å². The van der Waals surface area contributed by atoms with E-state index >= 15 is 0 Å². The van der Waals surface area contributed by atoms with Crippen molar-refractivity contribution in [3.63, 3.8) is 0 Å². The Morgan fingerprint density at radius 2 is 2.22 bits per heavy atom. The second-order valence-corrected chi connectivity index (χ2v) is 7.11. The molecule has 0 aliphatic carbocycles. The molecule has 7 heteroatoms. The number of carbonyl (C=O) groups excluding carboxylic acids is 1. The van der Waals surface area contributed by atoms with Gasteiger partial charge in [0, 0.05) is 0 Å². The first kappa shape index (κ1) is 15.9. The molecular weight excluding hydrogens is 330 g/mol. The summed E-state index contributed by atoms with van der Waals surface area (Å²) in [7, 11) is 1.61. The van der Waals surface area contributed by atoms with Gasteiger partial charge in [-0.2, -0.15) is 0 Å². The zero-order valence-corrected chi connectivity index (χ0v) is 14.3. The predicted octanol–water partition coefficient (Wildman–Crippen LogP) is 3.53. The first-order valence-electron chi connectivity index (χ1n) is 7.11. The first-order valence-corrected chi connectivity index (χ1v) is 8.74. The van der Waals surface area contributed by atoms with Gasteiger partial charge in [-0.05, 0) is 30.2 Å². The van der Waals surface area contributed by atoms with Gasteiger partial charge in [0.15, 0.2) is 5.78 Å². The fourth-order valence-corrected chi connectivity index (χ4v) is 4.18. The molecule has 3 rings (SSSR count). The van der Waals surface area contributed by atoms with Gasteiger partial charge in [0.2, 0.25) is 0 Å². The minimum Gasteiger partial charge on any atom is -0.497 e. The molecule has 0 unspecified atom stereocenters. The molecule has 1 aliphatic heterocycles. The molecule has 1 N–H and O–H groups in total. The largest absolute Gasteiger partial charge is 0.497 e. The number of carbonyl (C=O) groups is 1. The van der Waals surface area contributed by atoms with Crippen molar-refractivity contribution in [2.75, 3.05) is 7.11 Å². The number of methoxy groups -OCH3 is 1. The van der Waals surface area contributed by atoms with Crippen molar-refractivity contribution in [3.05, 3.63) is 44.7 Å². The second kappa shape index (κ2) is 6.64. The van der Waals surface area contributed by atoms with Crippen molar-refractivity contribution in [3.8, 4) is 5.75 Å². The third-order valence-corrected chi connectivity index (χ3v) is 5.54. The van der Waals surface area contributed by atoms with E-state index in [0.717, 1.165) is 22.7 Å². The standard InChI is InChI=1S/C16H15N3O2S2/c1-3-12-18-19-16(23-12)13-14(20)11(22-15(13)17)8-9-5-4-6-10(7-9)21-2/h4-8,13,17H,3H2,1-2H3/b11-8-,17-15?/t13-/m0/s1. The number of rotatable bonds is 4. The van der Waals surface area contributed by atoms with Crippen LogP contribution < -0.4 is 4.74 Å². The summed E-state index contributed by atoms with van der Waals surface area (Å²) in [5, 5.41) is 18.1. The second-order valence-electron chi connectivity index (χ2n) is 4.94. The van der Waals surface area contributed by atoms with E-state index in [1.807, 2.05) is 31.2 Å². The topological polar surface area (TPSA) is 75.9 Å². The van der Waals surface area contributed by atoms with Crippen LogP contribution in [0.4, 0.5) is 0 Å². The Morgan fingerprint density at radius 1 is 1.39 bits per heavy atom. The molecular formula is C16H15N3O2S2. The normalized spacial score (nSPS) is 19.6. The van der Waals surface area contributed by atoms with Crippen molar-refractivity contribution in [1.82, 2.24) is 10.2 Å². The Kier molecular flexibility index (Phi) is 4.58. The highest BCUT2D eigenvalue weighted by molar-refractivity contribution is 8.19. The quantitative estimate of drug-likeness (QED) is 0.858. The van der Waals surface area contributed by atoms with E-state index in [-0.39, 0.29) is 5.78 Å². The number of thioether (sulfide) groups is 1. The van der Waals surface area contributed by atoms with Crippen molar-refractivity contribution in [2.24, 2.45) is 0 Å². The van der Waals surface area contributed by atoms with E-state index in [1.165, 1.54) is 23.1 Å². The number of ketones is 1. The molecule has 1 aromatic carbocycles. The highest BCUT2D eigenvalue weighted by Gasteiger charge is 2.39. The molecule has 0 amide bonds. The maximum absolute atomic E-state index is 12.7. The zero-order chi connectivity index (χ0) is 16.4. The number of Topliss-reactive ketones (excluding diaryl/α,β-unsaturated/α-hetero) is 1. The van der Waals surface area contributed by atoms with Crippen LogP contribution >= 0.6 is 23.1 Å². The summed E-state index contributed by atoms with van der Waals surface area (Å²) in [5.41, 5.74) is 0.875. The number of ether oxygens (including phenoxy) is 1. The molecule has 2 heterocycles. The van der Waals surface area contributed by atoms with Gasteiger partial charge >= 0.3 is 0 Å². The molecule has 0 radical (unpaired) electrons. The third kappa shape index (κ3) is 3.20. The molecule has 1 saturated heterocycles. The molecule has 1 atom stereocenters. The summed E-state index contributed by atoms with van der Waals surface area (Å²) >= 11 is 2.60. The summed E-state index contributed by atoms with van der Waals surface area (Å²) in [5.74, 6) is 0.0504.